The predicted molar refractivity (Wildman–Crippen MR) is 122 cm³/mol. The lowest BCUT2D eigenvalue weighted by Crippen LogP contribution is -2.25. The van der Waals surface area contributed by atoms with E-state index < -0.39 is 17.7 Å². The molecule has 0 fully saturated rings. The largest absolute Gasteiger partial charge is 0.481 e. The molecule has 1 amide bonds. The fraction of sp³-hybridized carbons (Fsp3) is 0.217. The van der Waals surface area contributed by atoms with Crippen LogP contribution in [-0.4, -0.2) is 23.5 Å². The summed E-state index contributed by atoms with van der Waals surface area (Å²) in [5.41, 5.74) is 2.56. The van der Waals surface area contributed by atoms with Crippen molar-refractivity contribution in [2.75, 3.05) is 6.54 Å². The van der Waals surface area contributed by atoms with E-state index in [1.54, 1.807) is 24.3 Å². The summed E-state index contributed by atoms with van der Waals surface area (Å²) in [7, 11) is 0. The molecule has 1 heterocycles. The summed E-state index contributed by atoms with van der Waals surface area (Å²) in [5.74, 6) is -0.756. The van der Waals surface area contributed by atoms with Crippen LogP contribution in [0.4, 0.5) is 13.2 Å². The van der Waals surface area contributed by atoms with Gasteiger partial charge in [0.2, 0.25) is 0 Å². The smallest absolute Gasteiger partial charge is 0.416 e. The first-order valence-corrected chi connectivity index (χ1v) is 11.3. The lowest BCUT2D eigenvalue weighted by molar-refractivity contribution is -0.138. The third-order valence-corrected chi connectivity index (χ3v) is 6.57. The quantitative estimate of drug-likeness (QED) is 0.357. The van der Waals surface area contributed by atoms with Crippen molar-refractivity contribution in [2.45, 2.75) is 30.7 Å². The third kappa shape index (κ3) is 6.52. The fourth-order valence-corrected chi connectivity index (χ4v) is 4.76. The van der Waals surface area contributed by atoms with Crippen molar-refractivity contribution < 1.29 is 32.0 Å². The summed E-state index contributed by atoms with van der Waals surface area (Å²) in [4.78, 5) is 23.0. The second kappa shape index (κ2) is 10.3. The summed E-state index contributed by atoms with van der Waals surface area (Å²) >= 11 is 2.30. The molecule has 0 radical (unpaired) electrons. The maximum Gasteiger partial charge on any atom is 0.416 e. The van der Waals surface area contributed by atoms with Crippen molar-refractivity contribution in [2.24, 2.45) is 0 Å². The van der Waals surface area contributed by atoms with E-state index in [2.05, 4.69) is 5.32 Å². The van der Waals surface area contributed by atoms with Crippen molar-refractivity contribution in [3.63, 3.8) is 0 Å². The third-order valence-electron chi connectivity index (χ3n) is 4.66. The van der Waals surface area contributed by atoms with Gasteiger partial charge in [0.25, 0.3) is 5.91 Å². The van der Waals surface area contributed by atoms with Crippen molar-refractivity contribution in [3.05, 3.63) is 70.1 Å². The van der Waals surface area contributed by atoms with Gasteiger partial charge < -0.3 is 14.6 Å². The molecule has 2 N–H and O–H groups in total. The number of hydrogen-bond donors (Lipinski definition) is 2. The first-order chi connectivity index (χ1) is 15.5. The minimum atomic E-state index is -4.38. The summed E-state index contributed by atoms with van der Waals surface area (Å²) in [5, 5.41) is 11.2. The average Bonchev–Trinajstić information content (AvgIpc) is 3.20. The molecule has 0 aliphatic rings. The van der Waals surface area contributed by atoms with Crippen molar-refractivity contribution in [1.82, 2.24) is 5.32 Å². The maximum absolute atomic E-state index is 12.8. The Labute approximate surface area is 196 Å². The van der Waals surface area contributed by atoms with E-state index in [0.29, 0.717) is 16.2 Å². The number of halogens is 3. The molecule has 0 saturated carbocycles. The minimum absolute atomic E-state index is 0.0505. The highest BCUT2D eigenvalue weighted by atomic mass is 32.2. The van der Waals surface area contributed by atoms with Gasteiger partial charge in [0.1, 0.15) is 22.0 Å². The molecule has 5 nitrogen and oxygen atoms in total. The Morgan fingerprint density at radius 1 is 1.06 bits per heavy atom. The Hall–Kier alpha value is -2.98. The van der Waals surface area contributed by atoms with Crippen LogP contribution < -0.4 is 9.50 Å². The molecule has 3 aromatic rings. The molecule has 0 bridgehead atoms. The highest BCUT2D eigenvalue weighted by Gasteiger charge is 2.30. The number of aryl methyl sites for hydroxylation is 2. The van der Waals surface area contributed by atoms with E-state index >= 15 is 0 Å². The molecule has 3 rings (SSSR count). The van der Waals surface area contributed by atoms with Gasteiger partial charge >= 0.3 is 12.1 Å². The number of carbonyl (C=O) groups is 2. The number of benzene rings is 2. The Morgan fingerprint density at radius 2 is 1.70 bits per heavy atom. The number of alkyl halides is 3. The van der Waals surface area contributed by atoms with Crippen LogP contribution in [0.1, 0.15) is 32.8 Å². The number of thiophene rings is 1. The minimum Gasteiger partial charge on any atom is -0.481 e. The molecule has 0 spiro atoms. The van der Waals surface area contributed by atoms with Crippen LogP contribution in [0.5, 0.6) is 5.75 Å². The standard InChI is InChI=1S/C23H20F3NO4S2/c1-13-11-17(12-14(2)21(13)15-3-5-16(6-4-15)23(24,25)26)31-33-20-8-7-18(32-20)22(30)27-10-9-19(28)29/h3-8,11-12H,9-10H2,1-2H3,(H,27,30)(H,28,29). The monoisotopic (exact) mass is 495 g/mol. The first kappa shape index (κ1) is 24.7. The van der Waals surface area contributed by atoms with Crippen LogP contribution in [0.2, 0.25) is 0 Å². The molecular formula is C23H20F3NO4S2. The Bertz CT molecular complexity index is 1130. The average molecular weight is 496 g/mol. The highest BCUT2D eigenvalue weighted by molar-refractivity contribution is 7.97. The fourth-order valence-electron chi connectivity index (χ4n) is 3.20. The second-order valence-electron chi connectivity index (χ2n) is 7.19. The van der Waals surface area contributed by atoms with Gasteiger partial charge in [0.05, 0.1) is 16.9 Å². The van der Waals surface area contributed by atoms with Crippen molar-refractivity contribution >= 4 is 35.3 Å². The Balaban J connectivity index is 1.66. The molecule has 10 heteroatoms. The molecule has 2 aromatic carbocycles. The van der Waals surface area contributed by atoms with Gasteiger partial charge in [-0.3, -0.25) is 9.59 Å². The van der Waals surface area contributed by atoms with E-state index in [1.165, 1.54) is 23.5 Å². The first-order valence-electron chi connectivity index (χ1n) is 9.78. The Morgan fingerprint density at radius 3 is 2.27 bits per heavy atom. The van der Waals surface area contributed by atoms with Crippen LogP contribution in [-0.2, 0) is 11.0 Å². The van der Waals surface area contributed by atoms with Crippen molar-refractivity contribution in [3.8, 4) is 16.9 Å². The zero-order valence-electron chi connectivity index (χ0n) is 17.7. The van der Waals surface area contributed by atoms with E-state index in [-0.39, 0.29) is 18.9 Å². The number of aliphatic carboxylic acids is 1. The van der Waals surface area contributed by atoms with Gasteiger partial charge in [0.15, 0.2) is 0 Å². The van der Waals surface area contributed by atoms with Crippen LogP contribution >= 0.6 is 23.4 Å². The van der Waals surface area contributed by atoms with Gasteiger partial charge in [-0.2, -0.15) is 13.2 Å². The number of rotatable bonds is 8. The molecule has 0 saturated heterocycles. The summed E-state index contributed by atoms with van der Waals surface area (Å²) < 4.78 is 45.0. The zero-order chi connectivity index (χ0) is 24.2. The zero-order valence-corrected chi connectivity index (χ0v) is 19.3. The Kier molecular flexibility index (Phi) is 7.70. The van der Waals surface area contributed by atoms with E-state index in [9.17, 15) is 22.8 Å². The maximum atomic E-state index is 12.8. The summed E-state index contributed by atoms with van der Waals surface area (Å²) in [6.45, 7) is 3.78. The van der Waals surface area contributed by atoms with Gasteiger partial charge in [0, 0.05) is 6.54 Å². The molecule has 0 aliphatic heterocycles. The normalized spacial score (nSPS) is 11.3. The topological polar surface area (TPSA) is 75.6 Å². The number of carboxylic acid groups (broad SMARTS) is 1. The SMILES string of the molecule is Cc1cc(OSc2ccc(C(=O)NCCC(=O)O)s2)cc(C)c1-c1ccc(C(F)(F)F)cc1. The summed E-state index contributed by atoms with van der Waals surface area (Å²) in [6, 6.07) is 12.0. The summed E-state index contributed by atoms with van der Waals surface area (Å²) in [6.07, 6.45) is -4.53. The lowest BCUT2D eigenvalue weighted by atomic mass is 9.95. The molecule has 0 unspecified atom stereocenters. The van der Waals surface area contributed by atoms with Crippen molar-refractivity contribution in [1.29, 1.82) is 0 Å². The number of amides is 1. The molecular weight excluding hydrogens is 475 g/mol. The van der Waals surface area contributed by atoms with Gasteiger partial charge in [-0.1, -0.05) is 12.1 Å². The van der Waals surface area contributed by atoms with Gasteiger partial charge in [-0.25, -0.2) is 0 Å². The van der Waals surface area contributed by atoms with Crippen LogP contribution in [0.25, 0.3) is 11.1 Å². The molecule has 1 aromatic heterocycles. The molecule has 174 valence electrons. The number of hydrogen-bond acceptors (Lipinski definition) is 5. The molecule has 0 aliphatic carbocycles. The predicted octanol–water partition coefficient (Wildman–Crippen LogP) is 6.34. The highest BCUT2D eigenvalue weighted by Crippen LogP contribution is 2.36. The van der Waals surface area contributed by atoms with Gasteiger partial charge in [-0.15, -0.1) is 11.3 Å². The van der Waals surface area contributed by atoms with E-state index in [1.807, 2.05) is 13.8 Å². The number of carboxylic acids is 1. The van der Waals surface area contributed by atoms with Crippen LogP contribution in [0.3, 0.4) is 0 Å². The van der Waals surface area contributed by atoms with E-state index in [4.69, 9.17) is 9.29 Å². The van der Waals surface area contributed by atoms with Gasteiger partial charge in [-0.05, 0) is 72.5 Å². The number of carbonyl (C=O) groups excluding carboxylic acids is 1. The molecule has 33 heavy (non-hydrogen) atoms. The van der Waals surface area contributed by atoms with Crippen LogP contribution in [0.15, 0.2) is 52.7 Å². The lowest BCUT2D eigenvalue weighted by Gasteiger charge is -2.14. The second-order valence-corrected chi connectivity index (χ2v) is 9.31. The van der Waals surface area contributed by atoms with Crippen LogP contribution in [0, 0.1) is 13.8 Å². The van der Waals surface area contributed by atoms with E-state index in [0.717, 1.165) is 45.1 Å². The molecule has 0 atom stereocenters. The number of nitrogens with one attached hydrogen (secondary N) is 1.